The third-order valence-corrected chi connectivity index (χ3v) is 14.0. The summed E-state index contributed by atoms with van der Waals surface area (Å²) in [4.78, 5) is 2.47. The Morgan fingerprint density at radius 1 is 0.349 bits per heavy atom. The summed E-state index contributed by atoms with van der Waals surface area (Å²) in [6.07, 6.45) is 1.00. The van der Waals surface area contributed by atoms with Crippen LogP contribution in [0.3, 0.4) is 0 Å². The maximum atomic E-state index is 2.49. The summed E-state index contributed by atoms with van der Waals surface area (Å²) in [5.41, 5.74) is 20.4. The first-order valence-corrected chi connectivity index (χ1v) is 22.5. The molecule has 0 heterocycles. The molecule has 9 aromatic rings. The van der Waals surface area contributed by atoms with E-state index in [0.29, 0.717) is 0 Å². The first-order chi connectivity index (χ1) is 30.8. The highest BCUT2D eigenvalue weighted by molar-refractivity contribution is 5.92. The largest absolute Gasteiger partial charge is 0.310 e. The van der Waals surface area contributed by atoms with Crippen LogP contribution in [0.4, 0.5) is 17.1 Å². The van der Waals surface area contributed by atoms with Crippen molar-refractivity contribution >= 4 is 17.1 Å². The Kier molecular flexibility index (Phi) is 9.21. The number of rotatable bonds is 8. The Labute approximate surface area is 373 Å². The van der Waals surface area contributed by atoms with Crippen LogP contribution in [0.15, 0.2) is 224 Å². The molecule has 0 saturated heterocycles. The summed E-state index contributed by atoms with van der Waals surface area (Å²) < 4.78 is 0. The van der Waals surface area contributed by atoms with Gasteiger partial charge < -0.3 is 4.90 Å². The molecule has 0 saturated carbocycles. The van der Waals surface area contributed by atoms with Gasteiger partial charge in [-0.1, -0.05) is 216 Å². The summed E-state index contributed by atoms with van der Waals surface area (Å²) in [6, 6.07) is 84.6. The highest BCUT2D eigenvalue weighted by Crippen LogP contribution is 2.59. The van der Waals surface area contributed by atoms with Crippen LogP contribution in [-0.2, 0) is 22.7 Å². The second kappa shape index (κ2) is 15.0. The second-order valence-electron chi connectivity index (χ2n) is 18.3. The number of fused-ring (bicyclic) bond motifs is 6. The molecular formula is C62H51N. The van der Waals surface area contributed by atoms with Gasteiger partial charge in [0.05, 0.1) is 10.8 Å². The zero-order valence-electron chi connectivity index (χ0n) is 36.5. The average molecular weight is 810 g/mol. The van der Waals surface area contributed by atoms with E-state index in [-0.39, 0.29) is 5.41 Å². The van der Waals surface area contributed by atoms with E-state index >= 15 is 0 Å². The quantitative estimate of drug-likeness (QED) is 0.148. The van der Waals surface area contributed by atoms with Crippen molar-refractivity contribution in [2.45, 2.75) is 50.4 Å². The van der Waals surface area contributed by atoms with Gasteiger partial charge in [0.15, 0.2) is 0 Å². The van der Waals surface area contributed by atoms with Crippen LogP contribution in [0, 0.1) is 0 Å². The van der Waals surface area contributed by atoms with Crippen LogP contribution in [0.2, 0.25) is 0 Å². The van der Waals surface area contributed by atoms with Gasteiger partial charge >= 0.3 is 0 Å². The predicted molar refractivity (Wildman–Crippen MR) is 264 cm³/mol. The average Bonchev–Trinajstić information content (AvgIpc) is 3.80. The summed E-state index contributed by atoms with van der Waals surface area (Å²) >= 11 is 0. The normalized spacial score (nSPS) is 17.1. The van der Waals surface area contributed by atoms with Crippen molar-refractivity contribution in [3.8, 4) is 22.3 Å². The lowest BCUT2D eigenvalue weighted by Gasteiger charge is -2.36. The molecule has 2 unspecified atom stereocenters. The first-order valence-electron chi connectivity index (χ1n) is 22.5. The van der Waals surface area contributed by atoms with Gasteiger partial charge in [0, 0.05) is 17.1 Å². The number of para-hydroxylation sites is 1. The Bertz CT molecular complexity index is 3100. The van der Waals surface area contributed by atoms with E-state index < -0.39 is 10.8 Å². The number of aryl methyl sites for hydroxylation is 1. The third-order valence-electron chi connectivity index (χ3n) is 14.0. The van der Waals surface area contributed by atoms with E-state index in [1.54, 1.807) is 0 Å². The zero-order chi connectivity index (χ0) is 42.8. The van der Waals surface area contributed by atoms with Crippen molar-refractivity contribution in [2.75, 3.05) is 4.90 Å². The highest BCUT2D eigenvalue weighted by Gasteiger charge is 2.48. The number of benzene rings is 9. The molecule has 1 nitrogen and oxygen atoms in total. The minimum Gasteiger partial charge on any atom is -0.310 e. The molecule has 2 aliphatic carbocycles. The fourth-order valence-electron chi connectivity index (χ4n) is 11.0. The van der Waals surface area contributed by atoms with E-state index in [1.807, 2.05) is 0 Å². The third kappa shape index (κ3) is 5.90. The lowest BCUT2D eigenvalue weighted by atomic mass is 9.67. The van der Waals surface area contributed by atoms with E-state index in [0.717, 1.165) is 23.5 Å². The van der Waals surface area contributed by atoms with Gasteiger partial charge in [0.1, 0.15) is 0 Å². The van der Waals surface area contributed by atoms with Gasteiger partial charge in [-0.2, -0.15) is 0 Å². The summed E-state index contributed by atoms with van der Waals surface area (Å²) in [7, 11) is 0. The Balaban J connectivity index is 1.17. The van der Waals surface area contributed by atoms with Gasteiger partial charge in [-0.3, -0.25) is 0 Å². The molecule has 11 rings (SSSR count). The van der Waals surface area contributed by atoms with Crippen LogP contribution in [0.25, 0.3) is 22.3 Å². The van der Waals surface area contributed by atoms with Crippen LogP contribution in [0.1, 0.15) is 83.3 Å². The fraction of sp³-hybridized carbons (Fsp3) is 0.129. The van der Waals surface area contributed by atoms with Crippen LogP contribution in [-0.4, -0.2) is 0 Å². The molecule has 1 heteroatoms. The molecule has 0 spiro atoms. The number of anilines is 3. The highest BCUT2D eigenvalue weighted by atomic mass is 15.1. The van der Waals surface area contributed by atoms with Crippen molar-refractivity contribution in [3.63, 3.8) is 0 Å². The Morgan fingerprint density at radius 3 is 1.17 bits per heavy atom. The lowest BCUT2D eigenvalue weighted by Crippen LogP contribution is -2.29. The zero-order valence-corrected chi connectivity index (χ0v) is 36.5. The number of nitrogens with zero attached hydrogens (tertiary/aromatic N) is 1. The molecule has 9 aromatic carbocycles. The Morgan fingerprint density at radius 2 is 0.730 bits per heavy atom. The van der Waals surface area contributed by atoms with Crippen LogP contribution in [0.5, 0.6) is 0 Å². The lowest BCUT2D eigenvalue weighted by molar-refractivity contribution is 0.589. The number of hydrogen-bond donors (Lipinski definition) is 0. The summed E-state index contributed by atoms with van der Waals surface area (Å²) in [6.45, 7) is 9.12. The monoisotopic (exact) mass is 809 g/mol. The molecule has 0 radical (unpaired) electrons. The molecule has 304 valence electrons. The van der Waals surface area contributed by atoms with Gasteiger partial charge in [-0.15, -0.1) is 0 Å². The molecule has 0 bridgehead atoms. The second-order valence-corrected chi connectivity index (χ2v) is 18.3. The Hall–Kier alpha value is -7.22. The molecule has 0 fully saturated rings. The predicted octanol–water partition coefficient (Wildman–Crippen LogP) is 15.7. The van der Waals surface area contributed by atoms with Crippen LogP contribution >= 0.6 is 0 Å². The molecule has 0 aromatic heterocycles. The minimum atomic E-state index is -0.533. The van der Waals surface area contributed by atoms with E-state index in [9.17, 15) is 0 Å². The SMILES string of the molecule is CCc1ccc(C2(c3ccccc3)c3ccccc3-c3ccc(N(c4ccccc4)c4ccc5c(c4)C(c4ccccc4)(c4ccc(C(C)(C)C)cc4)c4ccccc4-5)cc32)cc1. The maximum Gasteiger partial charge on any atom is 0.0714 e. The molecule has 63 heavy (non-hydrogen) atoms. The topological polar surface area (TPSA) is 3.24 Å². The first kappa shape index (κ1) is 38.7. The number of hydrogen-bond acceptors (Lipinski definition) is 1. The summed E-state index contributed by atoms with van der Waals surface area (Å²) in [5.74, 6) is 0. The van der Waals surface area contributed by atoms with Crippen molar-refractivity contribution in [3.05, 3.63) is 280 Å². The van der Waals surface area contributed by atoms with Crippen molar-refractivity contribution < 1.29 is 0 Å². The van der Waals surface area contributed by atoms with Crippen molar-refractivity contribution in [2.24, 2.45) is 0 Å². The van der Waals surface area contributed by atoms with Gasteiger partial charge in [0.2, 0.25) is 0 Å². The summed E-state index contributed by atoms with van der Waals surface area (Å²) in [5, 5.41) is 0. The van der Waals surface area contributed by atoms with Crippen LogP contribution < -0.4 is 4.90 Å². The smallest absolute Gasteiger partial charge is 0.0714 e. The molecule has 0 N–H and O–H groups in total. The van der Waals surface area contributed by atoms with Gasteiger partial charge in [0.25, 0.3) is 0 Å². The molecular weight excluding hydrogens is 759 g/mol. The van der Waals surface area contributed by atoms with E-state index in [2.05, 4.69) is 257 Å². The fourth-order valence-corrected chi connectivity index (χ4v) is 11.0. The van der Waals surface area contributed by atoms with E-state index in [4.69, 9.17) is 0 Å². The molecule has 2 atom stereocenters. The molecule has 0 aliphatic heterocycles. The molecule has 0 amide bonds. The molecule has 2 aliphatic rings. The van der Waals surface area contributed by atoms with Gasteiger partial charge in [-0.05, 0) is 126 Å². The van der Waals surface area contributed by atoms with Crippen molar-refractivity contribution in [1.29, 1.82) is 0 Å². The maximum absolute atomic E-state index is 2.49. The standard InChI is InChI=1S/C62H51N/c1-5-43-29-31-47(32-30-43)61(45-19-9-6-10-20-45)56-27-17-15-25-52(56)54-39-37-50(41-58(54)61)63(49-23-13-8-14-24-49)51-38-40-55-53-26-16-18-28-57(53)62(59(55)42-51,46-21-11-7-12-22-46)48-35-33-44(34-36-48)60(2,3)4/h6-42H,5H2,1-4H3. The van der Waals surface area contributed by atoms with Crippen molar-refractivity contribution in [1.82, 2.24) is 0 Å². The van der Waals surface area contributed by atoms with Gasteiger partial charge in [-0.25, -0.2) is 0 Å². The minimum absolute atomic E-state index is 0.0432. The van der Waals surface area contributed by atoms with E-state index in [1.165, 1.54) is 77.9 Å².